The summed E-state index contributed by atoms with van der Waals surface area (Å²) >= 11 is 0. The molecule has 104 valence electrons. The van der Waals surface area contributed by atoms with Gasteiger partial charge in [0.25, 0.3) is 10.2 Å². The van der Waals surface area contributed by atoms with E-state index in [0.29, 0.717) is 11.8 Å². The Morgan fingerprint density at radius 2 is 2.11 bits per heavy atom. The Bertz CT molecular complexity index is 423. The number of nitrogens with zero attached hydrogens (tertiary/aromatic N) is 1. The van der Waals surface area contributed by atoms with Gasteiger partial charge in [0.1, 0.15) is 0 Å². The molecular formula is C11H20N2O4S. The molecule has 0 heterocycles. The van der Waals surface area contributed by atoms with Gasteiger partial charge < -0.3 is 5.11 Å². The van der Waals surface area contributed by atoms with E-state index >= 15 is 0 Å². The van der Waals surface area contributed by atoms with Gasteiger partial charge in [-0.25, -0.2) is 0 Å². The van der Waals surface area contributed by atoms with E-state index in [4.69, 9.17) is 5.11 Å². The van der Waals surface area contributed by atoms with Gasteiger partial charge in [-0.05, 0) is 31.1 Å². The normalized spacial score (nSPS) is 31.1. The van der Waals surface area contributed by atoms with Crippen molar-refractivity contribution in [1.82, 2.24) is 9.03 Å². The monoisotopic (exact) mass is 276 g/mol. The second kappa shape index (κ2) is 5.14. The van der Waals surface area contributed by atoms with Crippen LogP contribution in [0.3, 0.4) is 0 Å². The summed E-state index contributed by atoms with van der Waals surface area (Å²) < 4.78 is 27.8. The number of hydrogen-bond donors (Lipinski definition) is 2. The molecule has 2 aliphatic carbocycles. The van der Waals surface area contributed by atoms with E-state index in [-0.39, 0.29) is 19.0 Å². The zero-order valence-corrected chi connectivity index (χ0v) is 11.3. The highest BCUT2D eigenvalue weighted by Crippen LogP contribution is 2.44. The van der Waals surface area contributed by atoms with Crippen LogP contribution in [0.4, 0.5) is 0 Å². The topological polar surface area (TPSA) is 86.7 Å². The van der Waals surface area contributed by atoms with Gasteiger partial charge in [-0.15, -0.1) is 0 Å². The third-order valence-electron chi connectivity index (χ3n) is 4.09. The lowest BCUT2D eigenvalue weighted by Gasteiger charge is -2.25. The van der Waals surface area contributed by atoms with Crippen LogP contribution >= 0.6 is 0 Å². The van der Waals surface area contributed by atoms with Crippen molar-refractivity contribution >= 4 is 16.2 Å². The van der Waals surface area contributed by atoms with Gasteiger partial charge in [0.15, 0.2) is 0 Å². The number of carboxylic acid groups (broad SMARTS) is 1. The van der Waals surface area contributed by atoms with E-state index in [1.165, 1.54) is 13.5 Å². The molecule has 0 saturated heterocycles. The van der Waals surface area contributed by atoms with E-state index in [2.05, 4.69) is 4.72 Å². The lowest BCUT2D eigenvalue weighted by Crippen LogP contribution is -2.46. The summed E-state index contributed by atoms with van der Waals surface area (Å²) in [6, 6.07) is 0.0426. The zero-order chi connectivity index (χ0) is 13.3. The summed E-state index contributed by atoms with van der Waals surface area (Å²) in [5, 5.41) is 8.56. The Morgan fingerprint density at radius 3 is 2.61 bits per heavy atom. The predicted octanol–water partition coefficient (Wildman–Crippen LogP) is 0.416. The van der Waals surface area contributed by atoms with Crippen LogP contribution in [0.1, 0.15) is 32.1 Å². The van der Waals surface area contributed by atoms with E-state index in [0.717, 1.165) is 23.6 Å². The van der Waals surface area contributed by atoms with Crippen LogP contribution in [0.2, 0.25) is 0 Å². The van der Waals surface area contributed by atoms with Crippen LogP contribution in [0, 0.1) is 11.8 Å². The number of rotatable bonds is 6. The molecule has 0 spiro atoms. The summed E-state index contributed by atoms with van der Waals surface area (Å²) in [7, 11) is -2.13. The summed E-state index contributed by atoms with van der Waals surface area (Å²) in [6.07, 6.45) is 4.21. The minimum Gasteiger partial charge on any atom is -0.481 e. The fourth-order valence-corrected chi connectivity index (χ4v) is 4.23. The summed E-state index contributed by atoms with van der Waals surface area (Å²) in [6.45, 7) is 0.00544. The van der Waals surface area contributed by atoms with E-state index in [1.54, 1.807) is 0 Å². The number of hydrogen-bond acceptors (Lipinski definition) is 3. The Hall–Kier alpha value is -0.660. The third kappa shape index (κ3) is 3.02. The fourth-order valence-electron chi connectivity index (χ4n) is 3.04. The quantitative estimate of drug-likeness (QED) is 0.736. The van der Waals surface area contributed by atoms with Gasteiger partial charge >= 0.3 is 5.97 Å². The van der Waals surface area contributed by atoms with Crippen molar-refractivity contribution in [2.24, 2.45) is 11.8 Å². The molecule has 2 fully saturated rings. The first-order valence-electron chi connectivity index (χ1n) is 6.34. The molecular weight excluding hydrogens is 256 g/mol. The largest absolute Gasteiger partial charge is 0.481 e. The molecule has 3 atom stereocenters. The molecule has 0 radical (unpaired) electrons. The Labute approximate surface area is 108 Å². The van der Waals surface area contributed by atoms with Crippen LogP contribution in [-0.2, 0) is 15.0 Å². The SMILES string of the molecule is CN(CCC(=O)O)S(=O)(=O)NC1CC2CCC1C2. The second-order valence-corrected chi connectivity index (χ2v) is 7.18. The van der Waals surface area contributed by atoms with Crippen molar-refractivity contribution in [2.75, 3.05) is 13.6 Å². The lowest BCUT2D eigenvalue weighted by molar-refractivity contribution is -0.137. The molecule has 6 nitrogen and oxygen atoms in total. The highest BCUT2D eigenvalue weighted by atomic mass is 32.2. The fraction of sp³-hybridized carbons (Fsp3) is 0.909. The Morgan fingerprint density at radius 1 is 1.39 bits per heavy atom. The standard InChI is InChI=1S/C11H20N2O4S/c1-13(5-4-11(14)15)18(16,17)12-10-7-8-2-3-9(10)6-8/h8-10,12H,2-7H2,1H3,(H,14,15). The maximum absolute atomic E-state index is 12.0. The van der Waals surface area contributed by atoms with Gasteiger partial charge in [-0.3, -0.25) is 4.79 Å². The second-order valence-electron chi connectivity index (χ2n) is 5.37. The van der Waals surface area contributed by atoms with Crippen LogP contribution in [0.25, 0.3) is 0 Å². The van der Waals surface area contributed by atoms with Gasteiger partial charge in [0.05, 0.1) is 6.42 Å². The van der Waals surface area contributed by atoms with Crippen molar-refractivity contribution in [3.05, 3.63) is 0 Å². The van der Waals surface area contributed by atoms with Gasteiger partial charge in [-0.2, -0.15) is 17.4 Å². The minimum atomic E-state index is -3.54. The Balaban J connectivity index is 1.88. The molecule has 18 heavy (non-hydrogen) atoms. The molecule has 0 aromatic carbocycles. The van der Waals surface area contributed by atoms with E-state index in [9.17, 15) is 13.2 Å². The molecule has 2 saturated carbocycles. The zero-order valence-electron chi connectivity index (χ0n) is 10.5. The van der Waals surface area contributed by atoms with Crippen LogP contribution in [0.5, 0.6) is 0 Å². The molecule has 0 aromatic heterocycles. The molecule has 7 heteroatoms. The first kappa shape index (κ1) is 13.8. The van der Waals surface area contributed by atoms with Gasteiger partial charge in [-0.1, -0.05) is 6.42 Å². The highest BCUT2D eigenvalue weighted by Gasteiger charge is 2.41. The summed E-state index contributed by atoms with van der Waals surface area (Å²) in [4.78, 5) is 10.4. The lowest BCUT2D eigenvalue weighted by atomic mass is 9.96. The molecule has 2 bridgehead atoms. The van der Waals surface area contributed by atoms with E-state index < -0.39 is 16.2 Å². The molecule has 2 rings (SSSR count). The van der Waals surface area contributed by atoms with Crippen LogP contribution < -0.4 is 4.72 Å². The highest BCUT2D eigenvalue weighted by molar-refractivity contribution is 7.87. The van der Waals surface area contributed by atoms with Crippen molar-refractivity contribution in [3.63, 3.8) is 0 Å². The van der Waals surface area contributed by atoms with Crippen molar-refractivity contribution < 1.29 is 18.3 Å². The summed E-state index contributed by atoms with van der Waals surface area (Å²) in [5.41, 5.74) is 0. The maximum Gasteiger partial charge on any atom is 0.304 e. The summed E-state index contributed by atoms with van der Waals surface area (Å²) in [5.74, 6) is 0.154. The van der Waals surface area contributed by atoms with Gasteiger partial charge in [0, 0.05) is 19.6 Å². The smallest absolute Gasteiger partial charge is 0.304 e. The molecule has 2 aliphatic rings. The number of aliphatic carboxylic acids is 1. The van der Waals surface area contributed by atoms with Crippen LogP contribution in [0.15, 0.2) is 0 Å². The molecule has 0 aliphatic heterocycles. The molecule has 2 N–H and O–H groups in total. The van der Waals surface area contributed by atoms with Crippen LogP contribution in [-0.4, -0.2) is 43.4 Å². The first-order chi connectivity index (χ1) is 8.38. The number of fused-ring (bicyclic) bond motifs is 2. The van der Waals surface area contributed by atoms with E-state index in [1.807, 2.05) is 0 Å². The predicted molar refractivity (Wildman–Crippen MR) is 66.2 cm³/mol. The first-order valence-corrected chi connectivity index (χ1v) is 7.78. The van der Waals surface area contributed by atoms with Crippen molar-refractivity contribution in [1.29, 1.82) is 0 Å². The molecule has 3 unspecified atom stereocenters. The third-order valence-corrected chi connectivity index (χ3v) is 5.69. The van der Waals surface area contributed by atoms with Crippen molar-refractivity contribution in [3.8, 4) is 0 Å². The maximum atomic E-state index is 12.0. The van der Waals surface area contributed by atoms with Gasteiger partial charge in [0.2, 0.25) is 0 Å². The molecule has 0 aromatic rings. The number of carboxylic acids is 1. The Kier molecular flexibility index (Phi) is 3.93. The average Bonchev–Trinajstić information content (AvgIpc) is 2.86. The molecule has 0 amide bonds. The van der Waals surface area contributed by atoms with Crippen molar-refractivity contribution in [2.45, 2.75) is 38.1 Å². The minimum absolute atomic E-state index is 0.00544. The average molecular weight is 276 g/mol. The number of carbonyl (C=O) groups is 1. The number of nitrogens with one attached hydrogen (secondary N) is 1.